The number of nitrogens with zero attached hydrogens (tertiary/aromatic N) is 2. The molecule has 12 heavy (non-hydrogen) atoms. The summed E-state index contributed by atoms with van der Waals surface area (Å²) in [6, 6.07) is 0. The lowest BCUT2D eigenvalue weighted by molar-refractivity contribution is 0.0816. The van der Waals surface area contributed by atoms with Gasteiger partial charge < -0.3 is 25.3 Å². The Morgan fingerprint density at radius 1 is 1.75 bits per heavy atom. The van der Waals surface area contributed by atoms with Crippen LogP contribution in [-0.2, 0) is 28.2 Å². The zero-order valence-corrected chi connectivity index (χ0v) is 7.80. The molecule has 0 atom stereocenters. The molecule has 0 aliphatic carbocycles. The van der Waals surface area contributed by atoms with E-state index in [1.165, 1.54) is 0 Å². The van der Waals surface area contributed by atoms with E-state index in [0.29, 0.717) is 6.61 Å². The third-order valence-corrected chi connectivity index (χ3v) is 2.73. The molecule has 66 valence electrons. The molecule has 0 saturated heterocycles. The van der Waals surface area contributed by atoms with Crippen LogP contribution in [0, 0.1) is 5.69 Å². The monoisotopic (exact) mass is 183 g/mol. The Balaban J connectivity index is 2.40. The Hall–Kier alpha value is -0.700. The predicted molar refractivity (Wildman–Crippen MR) is 48.4 cm³/mol. The zero-order chi connectivity index (χ0) is 8.55. The normalized spacial score (nSPS) is 16.4. The summed E-state index contributed by atoms with van der Waals surface area (Å²) in [7, 11) is -0.231. The lowest BCUT2D eigenvalue weighted by Crippen LogP contribution is -2.15. The van der Waals surface area contributed by atoms with Gasteiger partial charge in [-0.2, -0.15) is 0 Å². The highest BCUT2D eigenvalue weighted by atomic mass is 32.2. The maximum atomic E-state index is 5.74. The van der Waals surface area contributed by atoms with E-state index in [0.717, 1.165) is 24.0 Å². The van der Waals surface area contributed by atoms with Crippen molar-refractivity contribution in [2.24, 2.45) is 0 Å². The summed E-state index contributed by atoms with van der Waals surface area (Å²) in [6.45, 7) is 2.31. The van der Waals surface area contributed by atoms with Gasteiger partial charge in [-0.1, -0.05) is 0 Å². The van der Waals surface area contributed by atoms with Crippen molar-refractivity contribution in [3.8, 4) is 5.69 Å². The fourth-order valence-electron chi connectivity index (χ4n) is 1.22. The molecule has 0 spiro atoms. The maximum absolute atomic E-state index is 5.74. The van der Waals surface area contributed by atoms with E-state index in [4.69, 9.17) is 10.4 Å². The zero-order valence-electron chi connectivity index (χ0n) is 6.99. The Labute approximate surface area is 73.9 Å². The molecule has 0 N–H and O–H groups in total. The minimum absolute atomic E-state index is 0.231. The van der Waals surface area contributed by atoms with Crippen LogP contribution in [0.5, 0.6) is 0 Å². The van der Waals surface area contributed by atoms with Crippen LogP contribution in [0.3, 0.4) is 0 Å². The molecule has 0 unspecified atom stereocenters. The van der Waals surface area contributed by atoms with Crippen LogP contribution in [0.4, 0.5) is 0 Å². The second-order valence-corrected chi connectivity index (χ2v) is 4.33. The first-order valence-electron chi connectivity index (χ1n) is 3.81. The molecule has 0 aromatic carbocycles. The lowest BCUT2D eigenvalue weighted by atomic mass is 10.5. The van der Waals surface area contributed by atoms with Gasteiger partial charge >= 0.3 is 0 Å². The fourth-order valence-corrected chi connectivity index (χ4v) is 1.76. The summed E-state index contributed by atoms with van der Waals surface area (Å²) in [5, 5.41) is 0.982. The molecule has 0 saturated carbocycles. The number of imidazole rings is 1. The number of rotatable bonds is 0. The van der Waals surface area contributed by atoms with Crippen LogP contribution in [0.1, 0.15) is 5.82 Å². The number of hydrogen-bond acceptors (Lipinski definition) is 3. The molecule has 4 heteroatoms. The van der Waals surface area contributed by atoms with Crippen LogP contribution >= 0.6 is 0 Å². The molecule has 2 rings (SSSR count). The Kier molecular flexibility index (Phi) is 1.97. The van der Waals surface area contributed by atoms with E-state index in [9.17, 15) is 0 Å². The lowest BCUT2D eigenvalue weighted by Gasteiger charge is -2.13. The minimum atomic E-state index is -0.231. The van der Waals surface area contributed by atoms with Crippen molar-refractivity contribution in [2.45, 2.75) is 18.2 Å². The molecule has 1 aliphatic heterocycles. The first kappa shape index (κ1) is 7.92. The number of fused-ring (bicyclic) bond motifs is 1. The van der Waals surface area contributed by atoms with E-state index in [1.807, 2.05) is 12.5 Å². The van der Waals surface area contributed by atoms with Crippen LogP contribution in [-0.4, -0.2) is 22.4 Å². The quantitative estimate of drug-likeness (QED) is 0.551. The molecular weight excluding hydrogens is 172 g/mol. The van der Waals surface area contributed by atoms with Gasteiger partial charge in [0.15, 0.2) is 0 Å². The standard InChI is InChI=1S/C8H11N2OS/c1-12(2)8-5-10-3-4-11-6-7(10)9-8/h1,5H,3-4,6H2,2H3/q-1. The van der Waals surface area contributed by atoms with Gasteiger partial charge in [0.2, 0.25) is 0 Å². The van der Waals surface area contributed by atoms with E-state index < -0.39 is 0 Å². The molecule has 0 radical (unpaired) electrons. The molecule has 0 amide bonds. The Morgan fingerprint density at radius 2 is 2.58 bits per heavy atom. The highest BCUT2D eigenvalue weighted by Crippen LogP contribution is 2.11. The largest absolute Gasteiger partial charge is 0.413 e. The first-order chi connectivity index (χ1) is 5.77. The smallest absolute Gasteiger partial charge is 0.132 e. The minimum Gasteiger partial charge on any atom is -0.413 e. The second kappa shape index (κ2) is 2.98. The molecule has 0 bridgehead atoms. The molecular formula is C8H11N2OS-. The summed E-state index contributed by atoms with van der Waals surface area (Å²) in [5.74, 6) is 1.00. The number of hydrogen-bond donors (Lipinski definition) is 0. The van der Waals surface area contributed by atoms with Crippen molar-refractivity contribution < 1.29 is 4.74 Å². The van der Waals surface area contributed by atoms with Gasteiger partial charge in [0.1, 0.15) is 12.4 Å². The van der Waals surface area contributed by atoms with Crippen molar-refractivity contribution >= 4 is 10.3 Å². The van der Waals surface area contributed by atoms with Crippen LogP contribution in [0.15, 0.2) is 11.2 Å². The fraction of sp³-hybridized carbons (Fsp3) is 0.500. The highest BCUT2D eigenvalue weighted by Gasteiger charge is 2.08. The summed E-state index contributed by atoms with van der Waals surface area (Å²) in [5.41, 5.74) is 5.74. The maximum Gasteiger partial charge on any atom is 0.132 e. The van der Waals surface area contributed by atoms with Gasteiger partial charge in [-0.05, 0) is 5.03 Å². The topological polar surface area (TPSA) is 27.1 Å². The van der Waals surface area contributed by atoms with Crippen LogP contribution in [0.2, 0.25) is 0 Å². The summed E-state index contributed by atoms with van der Waals surface area (Å²) < 4.78 is 7.39. The highest BCUT2D eigenvalue weighted by molar-refractivity contribution is 7.85. The first-order valence-corrected chi connectivity index (χ1v) is 5.51. The van der Waals surface area contributed by atoms with E-state index >= 15 is 0 Å². The van der Waals surface area contributed by atoms with E-state index in [1.54, 1.807) is 0 Å². The van der Waals surface area contributed by atoms with Crippen molar-refractivity contribution in [3.63, 3.8) is 0 Å². The molecule has 0 fully saturated rings. The summed E-state index contributed by atoms with van der Waals surface area (Å²) in [6.07, 6.45) is 4.00. The predicted octanol–water partition coefficient (Wildman–Crippen LogP) is 0.609. The average molecular weight is 183 g/mol. The van der Waals surface area contributed by atoms with E-state index in [2.05, 4.69) is 9.55 Å². The molecule has 1 aromatic rings. The molecule has 1 aliphatic rings. The Bertz CT molecular complexity index is 337. The Morgan fingerprint density at radius 3 is 3.25 bits per heavy atom. The second-order valence-electron chi connectivity index (χ2n) is 2.80. The van der Waals surface area contributed by atoms with Crippen LogP contribution < -0.4 is 0 Å². The average Bonchev–Trinajstić information content (AvgIpc) is 2.46. The summed E-state index contributed by atoms with van der Waals surface area (Å²) in [4.78, 5) is 4.38. The van der Waals surface area contributed by atoms with Crippen molar-refractivity contribution in [1.29, 1.82) is 0 Å². The van der Waals surface area contributed by atoms with Crippen molar-refractivity contribution in [3.05, 3.63) is 12.0 Å². The van der Waals surface area contributed by atoms with Crippen molar-refractivity contribution in [1.82, 2.24) is 9.55 Å². The van der Waals surface area contributed by atoms with Gasteiger partial charge in [0.25, 0.3) is 0 Å². The van der Waals surface area contributed by atoms with E-state index in [-0.39, 0.29) is 10.3 Å². The van der Waals surface area contributed by atoms with Crippen molar-refractivity contribution in [2.75, 3.05) is 12.9 Å². The van der Waals surface area contributed by atoms with Gasteiger partial charge in [-0.25, -0.2) is 0 Å². The van der Waals surface area contributed by atoms with Crippen LogP contribution in [0.25, 0.3) is 0 Å². The molecule has 3 nitrogen and oxygen atoms in total. The number of ether oxygens (including phenoxy) is 1. The SMILES string of the molecule is C#[S-](C)c1cn2c(n1)COCC2. The third kappa shape index (κ3) is 1.29. The summed E-state index contributed by atoms with van der Waals surface area (Å²) >= 11 is 0. The van der Waals surface area contributed by atoms with Gasteiger partial charge in [-0.15, -0.1) is 6.26 Å². The van der Waals surface area contributed by atoms with Gasteiger partial charge in [0, 0.05) is 12.7 Å². The van der Waals surface area contributed by atoms with Gasteiger partial charge in [0.05, 0.1) is 6.61 Å². The number of aromatic nitrogens is 2. The molecule has 1 aromatic heterocycles. The molecule has 2 heterocycles. The van der Waals surface area contributed by atoms with Gasteiger partial charge in [-0.3, -0.25) is 4.98 Å². The third-order valence-electron chi connectivity index (χ3n) is 1.87.